The topological polar surface area (TPSA) is 36.4 Å². The minimum absolute atomic E-state index is 0.195. The first-order valence-electron chi connectivity index (χ1n) is 5.20. The van der Waals surface area contributed by atoms with Crippen LogP contribution in [0.2, 0.25) is 0 Å². The Morgan fingerprint density at radius 1 is 1.47 bits per heavy atom. The Morgan fingerprint density at radius 2 is 2.33 bits per heavy atom. The zero-order valence-electron chi connectivity index (χ0n) is 8.97. The molecule has 0 aliphatic heterocycles. The van der Waals surface area contributed by atoms with E-state index >= 15 is 0 Å². The van der Waals surface area contributed by atoms with Crippen LogP contribution in [0.4, 0.5) is 0 Å². The predicted octanol–water partition coefficient (Wildman–Crippen LogP) is 1.10. The van der Waals surface area contributed by atoms with Gasteiger partial charge < -0.3 is 5.11 Å². The first-order valence-corrected chi connectivity index (χ1v) is 5.20. The van der Waals surface area contributed by atoms with Crippen molar-refractivity contribution in [3.8, 4) is 0 Å². The second-order valence-electron chi connectivity index (χ2n) is 3.42. The fraction of sp³-hybridized carbons (Fsp3) is 0.417. The summed E-state index contributed by atoms with van der Waals surface area (Å²) in [6, 6.07) is 4.01. The van der Waals surface area contributed by atoms with Gasteiger partial charge in [0, 0.05) is 32.0 Å². The second kappa shape index (κ2) is 7.15. The van der Waals surface area contributed by atoms with E-state index in [0.29, 0.717) is 6.54 Å². The molecule has 0 fully saturated rings. The second-order valence-corrected chi connectivity index (χ2v) is 3.42. The minimum Gasteiger partial charge on any atom is -0.395 e. The summed E-state index contributed by atoms with van der Waals surface area (Å²) in [6.07, 6.45) is 6.48. The van der Waals surface area contributed by atoms with Crippen LogP contribution in [0, 0.1) is 0 Å². The van der Waals surface area contributed by atoms with E-state index < -0.39 is 0 Å². The quantitative estimate of drug-likeness (QED) is 0.679. The number of rotatable bonds is 7. The monoisotopic (exact) mass is 206 g/mol. The molecule has 0 aliphatic carbocycles. The summed E-state index contributed by atoms with van der Waals surface area (Å²) in [5.41, 5.74) is 1.23. The smallest absolute Gasteiger partial charge is 0.0558 e. The molecule has 0 radical (unpaired) electrons. The van der Waals surface area contributed by atoms with Gasteiger partial charge in [-0.25, -0.2) is 0 Å². The van der Waals surface area contributed by atoms with Crippen LogP contribution >= 0.6 is 0 Å². The fourth-order valence-electron chi connectivity index (χ4n) is 1.45. The van der Waals surface area contributed by atoms with Gasteiger partial charge >= 0.3 is 0 Å². The molecule has 0 saturated heterocycles. The fourth-order valence-corrected chi connectivity index (χ4v) is 1.45. The SMILES string of the molecule is C=CCN(CCO)CCc1cccnc1. The van der Waals surface area contributed by atoms with Gasteiger partial charge in [0.25, 0.3) is 0 Å². The van der Waals surface area contributed by atoms with Crippen molar-refractivity contribution < 1.29 is 5.11 Å². The van der Waals surface area contributed by atoms with E-state index in [2.05, 4.69) is 22.5 Å². The van der Waals surface area contributed by atoms with Gasteiger partial charge in [-0.05, 0) is 18.1 Å². The molecule has 0 spiro atoms. The number of aliphatic hydroxyl groups excluding tert-OH is 1. The molecule has 15 heavy (non-hydrogen) atoms. The summed E-state index contributed by atoms with van der Waals surface area (Å²) in [5.74, 6) is 0. The van der Waals surface area contributed by atoms with Gasteiger partial charge in [-0.3, -0.25) is 9.88 Å². The Morgan fingerprint density at radius 3 is 2.93 bits per heavy atom. The summed E-state index contributed by atoms with van der Waals surface area (Å²) >= 11 is 0. The van der Waals surface area contributed by atoms with E-state index in [9.17, 15) is 0 Å². The summed E-state index contributed by atoms with van der Waals surface area (Å²) < 4.78 is 0. The van der Waals surface area contributed by atoms with Crippen LogP contribution < -0.4 is 0 Å². The Bertz CT molecular complexity index is 274. The maximum absolute atomic E-state index is 8.87. The van der Waals surface area contributed by atoms with Crippen LogP contribution in [0.5, 0.6) is 0 Å². The average Bonchev–Trinajstić information content (AvgIpc) is 2.28. The van der Waals surface area contributed by atoms with Crippen molar-refractivity contribution in [3.05, 3.63) is 42.7 Å². The Labute approximate surface area is 91.1 Å². The lowest BCUT2D eigenvalue weighted by molar-refractivity contribution is 0.210. The van der Waals surface area contributed by atoms with Crippen molar-refractivity contribution in [2.45, 2.75) is 6.42 Å². The van der Waals surface area contributed by atoms with Crippen LogP contribution in [0.15, 0.2) is 37.2 Å². The first kappa shape index (κ1) is 11.9. The summed E-state index contributed by atoms with van der Waals surface area (Å²) in [4.78, 5) is 6.23. The third kappa shape index (κ3) is 4.72. The van der Waals surface area contributed by atoms with E-state index in [1.54, 1.807) is 6.20 Å². The van der Waals surface area contributed by atoms with Crippen LogP contribution in [0.1, 0.15) is 5.56 Å². The Balaban J connectivity index is 2.36. The van der Waals surface area contributed by atoms with Gasteiger partial charge in [0.15, 0.2) is 0 Å². The number of aliphatic hydroxyl groups is 1. The maximum atomic E-state index is 8.87. The number of hydrogen-bond acceptors (Lipinski definition) is 3. The molecule has 3 nitrogen and oxygen atoms in total. The largest absolute Gasteiger partial charge is 0.395 e. The molecule has 0 amide bonds. The molecule has 0 aromatic carbocycles. The van der Waals surface area contributed by atoms with E-state index in [4.69, 9.17) is 5.11 Å². The maximum Gasteiger partial charge on any atom is 0.0558 e. The highest BCUT2D eigenvalue weighted by Gasteiger charge is 2.02. The lowest BCUT2D eigenvalue weighted by Gasteiger charge is -2.18. The molecule has 82 valence electrons. The third-order valence-electron chi connectivity index (χ3n) is 2.24. The predicted molar refractivity (Wildman–Crippen MR) is 61.7 cm³/mol. The van der Waals surface area contributed by atoms with Crippen LogP contribution in [0.25, 0.3) is 0 Å². The van der Waals surface area contributed by atoms with E-state index in [0.717, 1.165) is 19.5 Å². The third-order valence-corrected chi connectivity index (χ3v) is 2.24. The summed E-state index contributed by atoms with van der Waals surface area (Å²) in [7, 11) is 0. The van der Waals surface area contributed by atoms with Gasteiger partial charge in [0.05, 0.1) is 6.61 Å². The van der Waals surface area contributed by atoms with Crippen LogP contribution in [-0.4, -0.2) is 41.2 Å². The highest BCUT2D eigenvalue weighted by atomic mass is 16.3. The van der Waals surface area contributed by atoms with Crippen LogP contribution in [-0.2, 0) is 6.42 Å². The molecule has 1 rings (SSSR count). The zero-order valence-corrected chi connectivity index (χ0v) is 8.97. The lowest BCUT2D eigenvalue weighted by atomic mass is 10.2. The first-order chi connectivity index (χ1) is 7.36. The molecular formula is C12H18N2O. The molecule has 0 saturated carbocycles. The Kier molecular flexibility index (Phi) is 5.66. The molecule has 1 N–H and O–H groups in total. The molecule has 0 aliphatic rings. The van der Waals surface area contributed by atoms with Gasteiger partial charge in [0.1, 0.15) is 0 Å². The highest BCUT2D eigenvalue weighted by Crippen LogP contribution is 1.99. The summed E-state index contributed by atoms with van der Waals surface area (Å²) in [5, 5.41) is 8.87. The number of pyridine rings is 1. The van der Waals surface area contributed by atoms with E-state index in [1.807, 2.05) is 18.3 Å². The zero-order chi connectivity index (χ0) is 10.9. The number of hydrogen-bond donors (Lipinski definition) is 1. The van der Waals surface area contributed by atoms with Crippen molar-refractivity contribution >= 4 is 0 Å². The van der Waals surface area contributed by atoms with Crippen molar-refractivity contribution in [1.82, 2.24) is 9.88 Å². The molecule has 0 bridgehead atoms. The molecule has 1 aromatic heterocycles. The van der Waals surface area contributed by atoms with Gasteiger partial charge in [-0.15, -0.1) is 6.58 Å². The molecular weight excluding hydrogens is 188 g/mol. The molecule has 0 unspecified atom stereocenters. The van der Waals surface area contributed by atoms with Crippen molar-refractivity contribution in [3.63, 3.8) is 0 Å². The van der Waals surface area contributed by atoms with Crippen molar-refractivity contribution in [1.29, 1.82) is 0 Å². The van der Waals surface area contributed by atoms with Gasteiger partial charge in [-0.1, -0.05) is 12.1 Å². The summed E-state index contributed by atoms with van der Waals surface area (Å²) in [6.45, 7) is 6.35. The van der Waals surface area contributed by atoms with Crippen molar-refractivity contribution in [2.75, 3.05) is 26.2 Å². The Hall–Kier alpha value is -1.19. The van der Waals surface area contributed by atoms with Gasteiger partial charge in [-0.2, -0.15) is 0 Å². The minimum atomic E-state index is 0.195. The lowest BCUT2D eigenvalue weighted by Crippen LogP contribution is -2.29. The standard InChI is InChI=1S/C12H18N2O/c1-2-7-14(9-10-15)8-5-12-4-3-6-13-11-12/h2-4,6,11,15H,1,5,7-10H2. The van der Waals surface area contributed by atoms with Crippen molar-refractivity contribution in [2.24, 2.45) is 0 Å². The average molecular weight is 206 g/mol. The highest BCUT2D eigenvalue weighted by molar-refractivity contribution is 5.08. The van der Waals surface area contributed by atoms with Crippen LogP contribution in [0.3, 0.4) is 0 Å². The van der Waals surface area contributed by atoms with E-state index in [1.165, 1.54) is 5.56 Å². The van der Waals surface area contributed by atoms with E-state index in [-0.39, 0.29) is 6.61 Å². The molecule has 1 aromatic rings. The normalized spacial score (nSPS) is 10.5. The molecule has 1 heterocycles. The van der Waals surface area contributed by atoms with Gasteiger partial charge in [0.2, 0.25) is 0 Å². The number of nitrogens with zero attached hydrogens (tertiary/aromatic N) is 2. The number of aromatic nitrogens is 1. The molecule has 3 heteroatoms. The molecule has 0 atom stereocenters.